The summed E-state index contributed by atoms with van der Waals surface area (Å²) in [7, 11) is 1.56. The number of ether oxygens (including phenoxy) is 1. The summed E-state index contributed by atoms with van der Waals surface area (Å²) in [4.78, 5) is 17.7. The van der Waals surface area contributed by atoms with Gasteiger partial charge in [-0.05, 0) is 6.08 Å². The standard InChI is InChI=1S/C17H19N5O2S/c1-17(2,3)12-9-18-14(24-12)6-5-11-8-19-16(25-11)22-13-7-15(23-4)21-10-20-13/h5-10H,1-4H3,(H,19,20,21,22). The zero-order valence-electron chi connectivity index (χ0n) is 14.5. The second kappa shape index (κ2) is 7.02. The minimum Gasteiger partial charge on any atom is -0.481 e. The van der Waals surface area contributed by atoms with Gasteiger partial charge in [0, 0.05) is 28.6 Å². The van der Waals surface area contributed by atoms with Crippen LogP contribution in [-0.2, 0) is 5.41 Å². The SMILES string of the molecule is COc1cc(Nc2ncc(C=Cc3ncc(C(C)(C)C)o3)s2)ncn1. The maximum absolute atomic E-state index is 5.74. The van der Waals surface area contributed by atoms with Crippen molar-refractivity contribution in [2.45, 2.75) is 26.2 Å². The summed E-state index contributed by atoms with van der Waals surface area (Å²) in [5.74, 6) is 2.55. The molecule has 0 saturated carbocycles. The van der Waals surface area contributed by atoms with Gasteiger partial charge in [0.2, 0.25) is 11.8 Å². The Labute approximate surface area is 149 Å². The molecule has 7 nitrogen and oxygen atoms in total. The molecule has 0 saturated heterocycles. The Kier molecular flexibility index (Phi) is 4.80. The molecule has 0 amide bonds. The highest BCUT2D eigenvalue weighted by molar-refractivity contribution is 7.16. The molecule has 3 aromatic rings. The Morgan fingerprint density at radius 2 is 1.96 bits per heavy atom. The van der Waals surface area contributed by atoms with Gasteiger partial charge in [0.25, 0.3) is 0 Å². The molecule has 0 aromatic carbocycles. The van der Waals surface area contributed by atoms with Crippen molar-refractivity contribution in [3.63, 3.8) is 0 Å². The van der Waals surface area contributed by atoms with Crippen LogP contribution in [0.25, 0.3) is 12.2 Å². The van der Waals surface area contributed by atoms with Gasteiger partial charge in [-0.25, -0.2) is 19.9 Å². The van der Waals surface area contributed by atoms with Crippen LogP contribution in [0.15, 0.2) is 29.2 Å². The van der Waals surface area contributed by atoms with Gasteiger partial charge >= 0.3 is 0 Å². The van der Waals surface area contributed by atoms with Crippen molar-refractivity contribution in [3.8, 4) is 5.88 Å². The zero-order chi connectivity index (χ0) is 17.9. The second-order valence-electron chi connectivity index (χ2n) is 6.28. The molecule has 0 fully saturated rings. The Balaban J connectivity index is 1.68. The highest BCUT2D eigenvalue weighted by atomic mass is 32.1. The van der Waals surface area contributed by atoms with Crippen molar-refractivity contribution in [2.24, 2.45) is 0 Å². The van der Waals surface area contributed by atoms with E-state index in [2.05, 4.69) is 46.0 Å². The molecule has 0 spiro atoms. The number of nitrogens with one attached hydrogen (secondary N) is 1. The predicted octanol–water partition coefficient (Wildman–Crippen LogP) is 4.14. The summed E-state index contributed by atoms with van der Waals surface area (Å²) in [6, 6.07) is 1.71. The second-order valence-corrected chi connectivity index (χ2v) is 7.35. The van der Waals surface area contributed by atoms with Crippen molar-refractivity contribution in [1.29, 1.82) is 0 Å². The third kappa shape index (κ3) is 4.42. The third-order valence-electron chi connectivity index (χ3n) is 3.26. The van der Waals surface area contributed by atoms with Crippen LogP contribution >= 0.6 is 11.3 Å². The first kappa shape index (κ1) is 17.1. The molecule has 3 aromatic heterocycles. The number of hydrogen-bond acceptors (Lipinski definition) is 8. The van der Waals surface area contributed by atoms with Crippen LogP contribution in [0.1, 0.15) is 37.3 Å². The fraction of sp³-hybridized carbons (Fsp3) is 0.294. The lowest BCUT2D eigenvalue weighted by atomic mass is 9.94. The van der Waals surface area contributed by atoms with E-state index in [9.17, 15) is 0 Å². The molecule has 1 N–H and O–H groups in total. The van der Waals surface area contributed by atoms with Gasteiger partial charge in [0.15, 0.2) is 5.13 Å². The molecule has 0 radical (unpaired) electrons. The maximum atomic E-state index is 5.74. The number of nitrogens with zero attached hydrogens (tertiary/aromatic N) is 4. The Hall–Kier alpha value is -2.74. The lowest BCUT2D eigenvalue weighted by Gasteiger charge is -2.12. The predicted molar refractivity (Wildman–Crippen MR) is 98.1 cm³/mol. The molecule has 0 aliphatic heterocycles. The molecule has 0 atom stereocenters. The van der Waals surface area contributed by atoms with Gasteiger partial charge in [0.05, 0.1) is 13.3 Å². The van der Waals surface area contributed by atoms with Crippen molar-refractivity contribution in [1.82, 2.24) is 19.9 Å². The number of hydrogen-bond donors (Lipinski definition) is 1. The van der Waals surface area contributed by atoms with Crippen LogP contribution in [0.4, 0.5) is 10.9 Å². The largest absolute Gasteiger partial charge is 0.481 e. The number of rotatable bonds is 5. The van der Waals surface area contributed by atoms with Gasteiger partial charge < -0.3 is 14.5 Å². The van der Waals surface area contributed by atoms with Gasteiger partial charge in [0.1, 0.15) is 17.9 Å². The van der Waals surface area contributed by atoms with E-state index in [1.807, 2.05) is 12.2 Å². The highest BCUT2D eigenvalue weighted by Crippen LogP contribution is 2.26. The summed E-state index contributed by atoms with van der Waals surface area (Å²) >= 11 is 1.49. The summed E-state index contributed by atoms with van der Waals surface area (Å²) in [5.41, 5.74) is -0.0563. The lowest BCUT2D eigenvalue weighted by molar-refractivity contribution is 0.397. The molecular weight excluding hydrogens is 338 g/mol. The first-order valence-electron chi connectivity index (χ1n) is 7.67. The first-order valence-corrected chi connectivity index (χ1v) is 8.49. The van der Waals surface area contributed by atoms with Crippen LogP contribution < -0.4 is 10.1 Å². The number of thiazole rings is 1. The summed E-state index contributed by atoms with van der Waals surface area (Å²) < 4.78 is 10.8. The molecule has 0 unspecified atom stereocenters. The Bertz CT molecular complexity index is 879. The molecule has 0 aliphatic carbocycles. The van der Waals surface area contributed by atoms with Crippen LogP contribution in [-0.4, -0.2) is 27.0 Å². The van der Waals surface area contributed by atoms with Crippen LogP contribution in [0, 0.1) is 0 Å². The van der Waals surface area contributed by atoms with Gasteiger partial charge in [-0.3, -0.25) is 0 Å². The van der Waals surface area contributed by atoms with Crippen molar-refractivity contribution < 1.29 is 9.15 Å². The van der Waals surface area contributed by atoms with E-state index in [-0.39, 0.29) is 5.41 Å². The smallest absolute Gasteiger partial charge is 0.218 e. The van der Waals surface area contributed by atoms with Gasteiger partial charge in [-0.15, -0.1) is 0 Å². The van der Waals surface area contributed by atoms with E-state index in [0.717, 1.165) is 15.8 Å². The molecule has 8 heteroatoms. The van der Waals surface area contributed by atoms with Crippen LogP contribution in [0.3, 0.4) is 0 Å². The number of aromatic nitrogens is 4. The van der Waals surface area contributed by atoms with Crippen LogP contribution in [0.2, 0.25) is 0 Å². The highest BCUT2D eigenvalue weighted by Gasteiger charge is 2.18. The average molecular weight is 357 g/mol. The Morgan fingerprint density at radius 3 is 2.68 bits per heavy atom. The molecular formula is C17H19N5O2S. The van der Waals surface area contributed by atoms with E-state index >= 15 is 0 Å². The fourth-order valence-corrected chi connectivity index (χ4v) is 2.64. The number of oxazole rings is 1. The molecule has 3 heterocycles. The molecule has 130 valence electrons. The maximum Gasteiger partial charge on any atom is 0.218 e. The number of anilines is 2. The molecule has 0 aliphatic rings. The number of methoxy groups -OCH3 is 1. The quantitative estimate of drug-likeness (QED) is 0.734. The summed E-state index contributed by atoms with van der Waals surface area (Å²) in [6.07, 6.45) is 8.73. The van der Waals surface area contributed by atoms with Crippen LogP contribution in [0.5, 0.6) is 5.88 Å². The van der Waals surface area contributed by atoms with E-state index in [1.165, 1.54) is 17.7 Å². The fourth-order valence-electron chi connectivity index (χ4n) is 1.92. The zero-order valence-corrected chi connectivity index (χ0v) is 15.3. The summed E-state index contributed by atoms with van der Waals surface area (Å²) in [6.45, 7) is 6.26. The van der Waals surface area contributed by atoms with E-state index in [1.54, 1.807) is 25.6 Å². The minimum atomic E-state index is -0.0563. The van der Waals surface area contributed by atoms with Crippen molar-refractivity contribution >= 4 is 34.4 Å². The van der Waals surface area contributed by atoms with E-state index in [4.69, 9.17) is 9.15 Å². The van der Waals surface area contributed by atoms with Crippen molar-refractivity contribution in [2.75, 3.05) is 12.4 Å². The van der Waals surface area contributed by atoms with E-state index in [0.29, 0.717) is 17.6 Å². The monoisotopic (exact) mass is 357 g/mol. The van der Waals surface area contributed by atoms with Gasteiger partial charge in [-0.2, -0.15) is 0 Å². The minimum absolute atomic E-state index is 0.0563. The molecule has 0 bridgehead atoms. The lowest BCUT2D eigenvalue weighted by Crippen LogP contribution is -2.09. The van der Waals surface area contributed by atoms with Gasteiger partial charge in [-0.1, -0.05) is 32.1 Å². The Morgan fingerprint density at radius 1 is 1.12 bits per heavy atom. The third-order valence-corrected chi connectivity index (χ3v) is 4.14. The molecule has 3 rings (SSSR count). The topological polar surface area (TPSA) is 86.0 Å². The average Bonchev–Trinajstić information content (AvgIpc) is 3.22. The van der Waals surface area contributed by atoms with E-state index < -0.39 is 0 Å². The first-order chi connectivity index (χ1) is 11.9. The van der Waals surface area contributed by atoms with Crippen molar-refractivity contribution in [3.05, 3.63) is 41.3 Å². The molecule has 25 heavy (non-hydrogen) atoms. The summed E-state index contributed by atoms with van der Waals surface area (Å²) in [5, 5.41) is 3.85. The normalized spacial score (nSPS) is 11.8.